The molecule has 1 N–H and O–H groups in total. The summed E-state index contributed by atoms with van der Waals surface area (Å²) in [5, 5.41) is 15.5. The second kappa shape index (κ2) is 8.96. The SMILES string of the molecule is O=[N+]([O-])c1c(NCc2ccccc2Cl)ncnc1N1CCN(c2ccccc2)CC1. The average Bonchev–Trinajstić information content (AvgIpc) is 2.79. The van der Waals surface area contributed by atoms with E-state index in [1.165, 1.54) is 6.33 Å². The van der Waals surface area contributed by atoms with Crippen molar-refractivity contribution in [1.82, 2.24) is 9.97 Å². The molecule has 1 saturated heterocycles. The quantitative estimate of drug-likeness (QED) is 0.473. The molecule has 154 valence electrons. The van der Waals surface area contributed by atoms with Crippen LogP contribution in [0.1, 0.15) is 5.56 Å². The van der Waals surface area contributed by atoms with Crippen molar-refractivity contribution in [3.8, 4) is 0 Å². The lowest BCUT2D eigenvalue weighted by Crippen LogP contribution is -2.47. The number of nitrogens with one attached hydrogen (secondary N) is 1. The molecule has 2 aromatic carbocycles. The topological polar surface area (TPSA) is 87.4 Å². The summed E-state index contributed by atoms with van der Waals surface area (Å²) in [6.45, 7) is 3.12. The van der Waals surface area contributed by atoms with Gasteiger partial charge in [-0.2, -0.15) is 0 Å². The molecule has 0 aliphatic carbocycles. The summed E-state index contributed by atoms with van der Waals surface area (Å²) in [7, 11) is 0. The van der Waals surface area contributed by atoms with Crippen molar-refractivity contribution in [2.45, 2.75) is 6.54 Å². The van der Waals surface area contributed by atoms with Gasteiger partial charge in [0.2, 0.25) is 11.6 Å². The van der Waals surface area contributed by atoms with E-state index in [4.69, 9.17) is 11.6 Å². The molecule has 3 aromatic rings. The molecule has 30 heavy (non-hydrogen) atoms. The molecule has 1 fully saturated rings. The number of hydrogen-bond acceptors (Lipinski definition) is 7. The van der Waals surface area contributed by atoms with Gasteiger partial charge < -0.3 is 15.1 Å². The number of rotatable bonds is 6. The Labute approximate surface area is 179 Å². The van der Waals surface area contributed by atoms with Gasteiger partial charge in [-0.1, -0.05) is 48.0 Å². The van der Waals surface area contributed by atoms with Crippen LogP contribution >= 0.6 is 11.6 Å². The van der Waals surface area contributed by atoms with Crippen molar-refractivity contribution in [2.24, 2.45) is 0 Å². The normalized spacial score (nSPS) is 13.9. The molecule has 0 saturated carbocycles. The monoisotopic (exact) mass is 424 g/mol. The molecular formula is C21H21ClN6O2. The van der Waals surface area contributed by atoms with E-state index in [1.807, 2.05) is 41.3 Å². The standard InChI is InChI=1S/C21H21ClN6O2/c22-18-9-5-4-6-16(18)14-23-20-19(28(29)30)21(25-15-24-20)27-12-10-26(11-13-27)17-7-2-1-3-8-17/h1-9,15H,10-14H2,(H,23,24,25). The van der Waals surface area contributed by atoms with E-state index in [0.29, 0.717) is 30.5 Å². The minimum atomic E-state index is -0.423. The molecule has 0 spiro atoms. The Morgan fingerprint density at radius 2 is 1.63 bits per heavy atom. The lowest BCUT2D eigenvalue weighted by molar-refractivity contribution is -0.383. The molecule has 1 aliphatic rings. The number of anilines is 3. The smallest absolute Gasteiger partial charge is 0.353 e. The Bertz CT molecular complexity index is 1030. The van der Waals surface area contributed by atoms with E-state index < -0.39 is 4.92 Å². The van der Waals surface area contributed by atoms with Crippen LogP contribution in [0.5, 0.6) is 0 Å². The van der Waals surface area contributed by atoms with Gasteiger partial charge in [-0.25, -0.2) is 9.97 Å². The van der Waals surface area contributed by atoms with Gasteiger partial charge in [0.1, 0.15) is 6.33 Å². The van der Waals surface area contributed by atoms with E-state index in [1.54, 1.807) is 6.07 Å². The highest BCUT2D eigenvalue weighted by Gasteiger charge is 2.29. The van der Waals surface area contributed by atoms with Crippen LogP contribution in [0.2, 0.25) is 5.02 Å². The van der Waals surface area contributed by atoms with E-state index >= 15 is 0 Å². The summed E-state index contributed by atoms with van der Waals surface area (Å²) >= 11 is 6.19. The lowest BCUT2D eigenvalue weighted by atomic mass is 10.2. The van der Waals surface area contributed by atoms with Gasteiger partial charge in [0.25, 0.3) is 0 Å². The summed E-state index contributed by atoms with van der Waals surface area (Å²) in [5.74, 6) is 0.528. The Morgan fingerprint density at radius 1 is 0.967 bits per heavy atom. The number of benzene rings is 2. The van der Waals surface area contributed by atoms with Crippen molar-refractivity contribution in [3.63, 3.8) is 0 Å². The molecular weight excluding hydrogens is 404 g/mol. The van der Waals surface area contributed by atoms with Crippen LogP contribution < -0.4 is 15.1 Å². The van der Waals surface area contributed by atoms with Crippen LogP contribution in [0.4, 0.5) is 23.0 Å². The second-order valence-electron chi connectivity index (χ2n) is 6.91. The molecule has 1 aliphatic heterocycles. The first kappa shape index (κ1) is 19.9. The van der Waals surface area contributed by atoms with Gasteiger partial charge in [0.05, 0.1) is 4.92 Å². The van der Waals surface area contributed by atoms with Gasteiger partial charge in [-0.05, 0) is 23.8 Å². The average molecular weight is 425 g/mol. The molecule has 2 heterocycles. The van der Waals surface area contributed by atoms with E-state index in [0.717, 1.165) is 24.3 Å². The molecule has 0 unspecified atom stereocenters. The molecule has 0 atom stereocenters. The lowest BCUT2D eigenvalue weighted by Gasteiger charge is -2.36. The third-order valence-electron chi connectivity index (χ3n) is 5.09. The number of nitro groups is 1. The Balaban J connectivity index is 1.52. The zero-order valence-electron chi connectivity index (χ0n) is 16.2. The first-order valence-electron chi connectivity index (χ1n) is 9.65. The van der Waals surface area contributed by atoms with Crippen molar-refractivity contribution in [2.75, 3.05) is 41.3 Å². The highest BCUT2D eigenvalue weighted by Crippen LogP contribution is 2.33. The Morgan fingerprint density at radius 3 is 2.33 bits per heavy atom. The molecule has 0 bridgehead atoms. The van der Waals surface area contributed by atoms with E-state index in [2.05, 4.69) is 32.3 Å². The maximum Gasteiger partial charge on any atom is 0.353 e. The Kier molecular flexibility index (Phi) is 5.94. The van der Waals surface area contributed by atoms with E-state index in [9.17, 15) is 10.1 Å². The number of halogens is 1. The maximum absolute atomic E-state index is 11.9. The minimum absolute atomic E-state index is 0.113. The third kappa shape index (κ3) is 4.28. The molecule has 0 radical (unpaired) electrons. The molecule has 8 nitrogen and oxygen atoms in total. The number of aromatic nitrogens is 2. The zero-order chi connectivity index (χ0) is 20.9. The summed E-state index contributed by atoms with van der Waals surface area (Å²) in [6.07, 6.45) is 1.36. The number of hydrogen-bond donors (Lipinski definition) is 1. The van der Waals surface area contributed by atoms with Crippen molar-refractivity contribution >= 4 is 34.6 Å². The van der Waals surface area contributed by atoms with Crippen LogP contribution in [0, 0.1) is 10.1 Å². The fourth-order valence-corrected chi connectivity index (χ4v) is 3.74. The fraction of sp³-hybridized carbons (Fsp3) is 0.238. The number of piperazine rings is 1. The largest absolute Gasteiger partial charge is 0.368 e. The van der Waals surface area contributed by atoms with Gasteiger partial charge in [0, 0.05) is 43.4 Å². The number of para-hydroxylation sites is 1. The number of nitrogens with zero attached hydrogens (tertiary/aromatic N) is 5. The molecule has 0 amide bonds. The predicted octanol–water partition coefficient (Wildman–Crippen LogP) is 3.98. The van der Waals surface area contributed by atoms with Crippen LogP contribution in [-0.4, -0.2) is 41.1 Å². The maximum atomic E-state index is 11.9. The first-order chi connectivity index (χ1) is 14.6. The zero-order valence-corrected chi connectivity index (χ0v) is 17.0. The highest BCUT2D eigenvalue weighted by atomic mass is 35.5. The molecule has 9 heteroatoms. The van der Waals surface area contributed by atoms with Gasteiger partial charge in [0.15, 0.2) is 0 Å². The van der Waals surface area contributed by atoms with Crippen LogP contribution in [-0.2, 0) is 6.54 Å². The van der Waals surface area contributed by atoms with Crippen LogP contribution in [0.3, 0.4) is 0 Å². The van der Waals surface area contributed by atoms with Crippen LogP contribution in [0.25, 0.3) is 0 Å². The highest BCUT2D eigenvalue weighted by molar-refractivity contribution is 6.31. The van der Waals surface area contributed by atoms with Crippen molar-refractivity contribution in [1.29, 1.82) is 0 Å². The van der Waals surface area contributed by atoms with Gasteiger partial charge in [-0.3, -0.25) is 10.1 Å². The van der Waals surface area contributed by atoms with Gasteiger partial charge in [-0.15, -0.1) is 0 Å². The van der Waals surface area contributed by atoms with E-state index in [-0.39, 0.29) is 11.5 Å². The Hall–Kier alpha value is -3.39. The van der Waals surface area contributed by atoms with Crippen molar-refractivity contribution in [3.05, 3.63) is 81.6 Å². The van der Waals surface area contributed by atoms with Crippen molar-refractivity contribution < 1.29 is 4.92 Å². The second-order valence-corrected chi connectivity index (χ2v) is 7.31. The molecule has 1 aromatic heterocycles. The van der Waals surface area contributed by atoms with Crippen LogP contribution in [0.15, 0.2) is 60.9 Å². The summed E-state index contributed by atoms with van der Waals surface area (Å²) in [6, 6.07) is 17.5. The summed E-state index contributed by atoms with van der Waals surface area (Å²) in [4.78, 5) is 24.0. The summed E-state index contributed by atoms with van der Waals surface area (Å²) < 4.78 is 0. The fourth-order valence-electron chi connectivity index (χ4n) is 3.53. The van der Waals surface area contributed by atoms with Gasteiger partial charge >= 0.3 is 5.69 Å². The third-order valence-corrected chi connectivity index (χ3v) is 5.46. The summed E-state index contributed by atoms with van der Waals surface area (Å²) in [5.41, 5.74) is 1.87. The molecule has 4 rings (SSSR count). The predicted molar refractivity (Wildman–Crippen MR) is 118 cm³/mol. The minimum Gasteiger partial charge on any atom is -0.368 e. The first-order valence-corrected chi connectivity index (χ1v) is 10.0.